The molecule has 1 unspecified atom stereocenters. The van der Waals surface area contributed by atoms with Crippen LogP contribution in [0.2, 0.25) is 0 Å². The Morgan fingerprint density at radius 1 is 1.08 bits per heavy atom. The largest absolute Gasteiger partial charge is 0.343 e. The van der Waals surface area contributed by atoms with Crippen LogP contribution in [0.25, 0.3) is 10.1 Å². The van der Waals surface area contributed by atoms with Gasteiger partial charge in [0.1, 0.15) is 0 Å². The lowest BCUT2D eigenvalue weighted by atomic mass is 9.99. The van der Waals surface area contributed by atoms with Gasteiger partial charge in [0.2, 0.25) is 0 Å². The second-order valence-corrected chi connectivity index (χ2v) is 7.11. The zero-order valence-electron chi connectivity index (χ0n) is 14.1. The van der Waals surface area contributed by atoms with Gasteiger partial charge in [-0.15, -0.1) is 11.3 Å². The highest BCUT2D eigenvalue weighted by atomic mass is 32.1. The second-order valence-electron chi connectivity index (χ2n) is 6.02. The number of hydroxylamine groups is 1. The Morgan fingerprint density at radius 2 is 1.77 bits per heavy atom. The van der Waals surface area contributed by atoms with Crippen molar-refractivity contribution < 1.29 is 14.8 Å². The first kappa shape index (κ1) is 18.1. The summed E-state index contributed by atoms with van der Waals surface area (Å²) in [4.78, 5) is 24.7. The Balaban J connectivity index is 1.81. The van der Waals surface area contributed by atoms with Crippen LogP contribution in [0.15, 0.2) is 54.6 Å². The lowest BCUT2D eigenvalue weighted by Gasteiger charge is -2.22. The molecule has 0 saturated heterocycles. The molecule has 0 saturated carbocycles. The minimum absolute atomic E-state index is 0.189. The van der Waals surface area contributed by atoms with E-state index in [0.717, 1.165) is 15.6 Å². The number of benzene rings is 2. The fourth-order valence-electron chi connectivity index (χ4n) is 2.73. The average molecular weight is 369 g/mol. The maximum atomic E-state index is 12.7. The van der Waals surface area contributed by atoms with Gasteiger partial charge in [0, 0.05) is 16.3 Å². The van der Waals surface area contributed by atoms with Gasteiger partial charge in [-0.2, -0.15) is 0 Å². The maximum absolute atomic E-state index is 12.7. The molecule has 3 aromatic rings. The molecule has 7 heteroatoms. The molecule has 1 heterocycles. The lowest BCUT2D eigenvalue weighted by molar-refractivity contribution is 0.0706. The summed E-state index contributed by atoms with van der Waals surface area (Å²) in [7, 11) is 0. The third kappa shape index (κ3) is 3.75. The van der Waals surface area contributed by atoms with Crippen molar-refractivity contribution >= 4 is 33.2 Å². The van der Waals surface area contributed by atoms with Crippen molar-refractivity contribution in [1.29, 1.82) is 0 Å². The monoisotopic (exact) mass is 369 g/mol. The molecule has 26 heavy (non-hydrogen) atoms. The van der Waals surface area contributed by atoms with E-state index in [-0.39, 0.29) is 11.9 Å². The number of nitrogens with two attached hydrogens (primary N) is 1. The topological polar surface area (TPSA) is 104 Å². The highest BCUT2D eigenvalue weighted by Crippen LogP contribution is 2.26. The number of nitrogens with one attached hydrogen (secondary N) is 2. The minimum Gasteiger partial charge on any atom is -0.343 e. The fourth-order valence-corrected chi connectivity index (χ4v) is 3.70. The third-order valence-corrected chi connectivity index (χ3v) is 5.21. The van der Waals surface area contributed by atoms with E-state index in [1.54, 1.807) is 29.7 Å². The number of thiophene rings is 1. The molecule has 0 radical (unpaired) electrons. The molecule has 2 amide bonds. The van der Waals surface area contributed by atoms with Crippen molar-refractivity contribution in [3.63, 3.8) is 0 Å². The van der Waals surface area contributed by atoms with Gasteiger partial charge < -0.3 is 11.1 Å². The minimum atomic E-state index is -0.594. The molecule has 0 aliphatic heterocycles. The van der Waals surface area contributed by atoms with Gasteiger partial charge in [0.25, 0.3) is 11.8 Å². The number of carbonyl (C=O) groups excluding carboxylic acids is 2. The van der Waals surface area contributed by atoms with Crippen molar-refractivity contribution in [1.82, 2.24) is 10.8 Å². The molecule has 0 aliphatic rings. The Kier molecular flexibility index (Phi) is 5.32. The number of hydrogen-bond acceptors (Lipinski definition) is 5. The predicted octanol–water partition coefficient (Wildman–Crippen LogP) is 2.84. The summed E-state index contributed by atoms with van der Waals surface area (Å²) < 4.78 is 1.05. The van der Waals surface area contributed by atoms with Gasteiger partial charge in [-0.1, -0.05) is 30.3 Å². The highest BCUT2D eigenvalue weighted by Gasteiger charge is 2.21. The average Bonchev–Trinajstić information content (AvgIpc) is 3.09. The number of hydrogen-bond donors (Lipinski definition) is 4. The molecule has 3 rings (SSSR count). The van der Waals surface area contributed by atoms with E-state index in [4.69, 9.17) is 10.9 Å². The van der Waals surface area contributed by atoms with Gasteiger partial charge in [-0.25, -0.2) is 5.48 Å². The highest BCUT2D eigenvalue weighted by molar-refractivity contribution is 7.20. The lowest BCUT2D eigenvalue weighted by Crippen LogP contribution is -2.39. The van der Waals surface area contributed by atoms with Gasteiger partial charge in [0.05, 0.1) is 10.9 Å². The van der Waals surface area contributed by atoms with Crippen LogP contribution in [-0.2, 0) is 0 Å². The van der Waals surface area contributed by atoms with Crippen LogP contribution in [0, 0.1) is 0 Å². The zero-order valence-corrected chi connectivity index (χ0v) is 14.9. The third-order valence-electron chi connectivity index (χ3n) is 4.10. The molecule has 1 aromatic heterocycles. The summed E-state index contributed by atoms with van der Waals surface area (Å²) in [5.41, 5.74) is 8.75. The number of carbonyl (C=O) groups is 2. The van der Waals surface area contributed by atoms with Crippen LogP contribution >= 0.6 is 11.3 Å². The number of fused-ring (bicyclic) bond motifs is 1. The van der Waals surface area contributed by atoms with Gasteiger partial charge in [-0.05, 0) is 42.1 Å². The summed E-state index contributed by atoms with van der Waals surface area (Å²) in [6.07, 6.45) is 0. The molecule has 0 spiro atoms. The standard InChI is InChI=1S/C19H19N3O3S/c1-11(20)17(12-6-8-13(9-7-12)18(23)22-25)21-19(24)16-10-14-4-2-3-5-15(14)26-16/h2-11,17,25H,20H2,1H3,(H,21,24)(H,22,23)/t11?,17-/m1/s1. The van der Waals surface area contributed by atoms with E-state index in [1.165, 1.54) is 11.3 Å². The smallest absolute Gasteiger partial charge is 0.274 e. The summed E-state index contributed by atoms with van der Waals surface area (Å²) >= 11 is 1.43. The maximum Gasteiger partial charge on any atom is 0.274 e. The van der Waals surface area contributed by atoms with Crippen molar-refractivity contribution in [3.8, 4) is 0 Å². The van der Waals surface area contributed by atoms with Gasteiger partial charge in [0.15, 0.2) is 0 Å². The summed E-state index contributed by atoms with van der Waals surface area (Å²) in [6.45, 7) is 1.81. The van der Waals surface area contributed by atoms with Crippen molar-refractivity contribution in [2.45, 2.75) is 19.0 Å². The Hall–Kier alpha value is -2.74. The quantitative estimate of drug-likeness (QED) is 0.410. The van der Waals surface area contributed by atoms with Crippen molar-refractivity contribution in [3.05, 3.63) is 70.6 Å². The molecule has 134 valence electrons. The molecular formula is C19H19N3O3S. The van der Waals surface area contributed by atoms with Crippen LogP contribution in [0.3, 0.4) is 0 Å². The number of rotatable bonds is 5. The first-order valence-corrected chi connectivity index (χ1v) is 8.90. The van der Waals surface area contributed by atoms with Crippen LogP contribution in [-0.4, -0.2) is 23.1 Å². The Morgan fingerprint density at radius 3 is 2.38 bits per heavy atom. The van der Waals surface area contributed by atoms with Crippen LogP contribution in [0.5, 0.6) is 0 Å². The molecule has 0 fully saturated rings. The summed E-state index contributed by atoms with van der Waals surface area (Å²) in [6, 6.07) is 15.5. The summed E-state index contributed by atoms with van der Waals surface area (Å²) in [5, 5.41) is 12.7. The van der Waals surface area contributed by atoms with Crippen LogP contribution in [0.1, 0.15) is 38.6 Å². The zero-order chi connectivity index (χ0) is 18.7. The predicted molar refractivity (Wildman–Crippen MR) is 101 cm³/mol. The van der Waals surface area contributed by atoms with Gasteiger partial charge >= 0.3 is 0 Å². The summed E-state index contributed by atoms with van der Waals surface area (Å²) in [5.74, 6) is -0.783. The van der Waals surface area contributed by atoms with E-state index in [1.807, 2.05) is 37.3 Å². The fraction of sp³-hybridized carbons (Fsp3) is 0.158. The molecule has 0 bridgehead atoms. The molecule has 5 N–H and O–H groups in total. The molecule has 2 aromatic carbocycles. The molecule has 0 aliphatic carbocycles. The van der Waals surface area contributed by atoms with Crippen LogP contribution in [0.4, 0.5) is 0 Å². The molecular weight excluding hydrogens is 350 g/mol. The molecule has 6 nitrogen and oxygen atoms in total. The Labute approximate surface area is 154 Å². The first-order valence-electron chi connectivity index (χ1n) is 8.09. The molecule has 2 atom stereocenters. The first-order chi connectivity index (χ1) is 12.5. The van der Waals surface area contributed by atoms with Crippen molar-refractivity contribution in [2.24, 2.45) is 5.73 Å². The van der Waals surface area contributed by atoms with Crippen LogP contribution < -0.4 is 16.5 Å². The number of amides is 2. The second kappa shape index (κ2) is 7.65. The van der Waals surface area contributed by atoms with E-state index < -0.39 is 11.9 Å². The SMILES string of the molecule is CC(N)[C@@H](NC(=O)c1cc2ccccc2s1)c1ccc(C(=O)NO)cc1. The van der Waals surface area contributed by atoms with E-state index in [2.05, 4.69) is 5.32 Å². The Bertz CT molecular complexity index is 902. The van der Waals surface area contributed by atoms with E-state index in [9.17, 15) is 9.59 Å². The van der Waals surface area contributed by atoms with E-state index >= 15 is 0 Å². The van der Waals surface area contributed by atoms with Crippen molar-refractivity contribution in [2.75, 3.05) is 0 Å². The normalized spacial score (nSPS) is 13.2. The van der Waals surface area contributed by atoms with E-state index in [0.29, 0.717) is 10.4 Å². The van der Waals surface area contributed by atoms with Gasteiger partial charge in [-0.3, -0.25) is 14.8 Å².